The number of ether oxygens (including phenoxy) is 2. The van der Waals surface area contributed by atoms with Gasteiger partial charge in [-0.15, -0.1) is 0 Å². The molecule has 1 spiro atoms. The van der Waals surface area contributed by atoms with E-state index in [4.69, 9.17) is 14.5 Å². The number of likely N-dealkylation sites (tertiary alicyclic amines) is 1. The Bertz CT molecular complexity index is 1220. The van der Waals surface area contributed by atoms with E-state index in [1.165, 1.54) is 11.1 Å². The summed E-state index contributed by atoms with van der Waals surface area (Å²) in [5.41, 5.74) is 4.81. The molecule has 37 heavy (non-hydrogen) atoms. The number of pyridine rings is 1. The monoisotopic (exact) mass is 518 g/mol. The fraction of sp³-hybridized carbons (Fsp3) is 0.448. The second-order valence-corrected chi connectivity index (χ2v) is 11.8. The zero-order chi connectivity index (χ0) is 25.9. The van der Waals surface area contributed by atoms with Crippen molar-refractivity contribution in [3.05, 3.63) is 71.9 Å². The number of carbonyl (C=O) groups is 1. The Kier molecular flexibility index (Phi) is 7.38. The molecule has 0 radical (unpaired) electrons. The van der Waals surface area contributed by atoms with Gasteiger partial charge in [0.05, 0.1) is 11.4 Å². The number of hydrogen-bond donors (Lipinski definition) is 0. The van der Waals surface area contributed by atoms with Gasteiger partial charge in [0.25, 0.3) is 0 Å². The van der Waals surface area contributed by atoms with E-state index < -0.39 is 5.60 Å². The minimum absolute atomic E-state index is 0.198. The fourth-order valence-corrected chi connectivity index (χ4v) is 5.68. The number of aromatic nitrogens is 3. The van der Waals surface area contributed by atoms with Crippen molar-refractivity contribution >= 4 is 17.9 Å². The van der Waals surface area contributed by atoms with Crippen LogP contribution in [-0.2, 0) is 22.7 Å². The van der Waals surface area contributed by atoms with Crippen LogP contribution >= 0.6 is 11.8 Å². The summed E-state index contributed by atoms with van der Waals surface area (Å²) in [5.74, 6) is 2.67. The summed E-state index contributed by atoms with van der Waals surface area (Å²) in [4.78, 5) is 27.4. The molecule has 8 heteroatoms. The first-order chi connectivity index (χ1) is 17.8. The molecule has 0 saturated carbocycles. The Labute approximate surface area is 223 Å². The van der Waals surface area contributed by atoms with E-state index in [1.54, 1.807) is 24.2 Å². The maximum absolute atomic E-state index is 12.4. The van der Waals surface area contributed by atoms with Crippen LogP contribution in [0.1, 0.15) is 56.9 Å². The number of fused-ring (bicyclic) bond motifs is 1. The van der Waals surface area contributed by atoms with E-state index in [2.05, 4.69) is 40.3 Å². The van der Waals surface area contributed by atoms with Crippen molar-refractivity contribution in [2.24, 2.45) is 0 Å². The maximum Gasteiger partial charge on any atom is 0.410 e. The summed E-state index contributed by atoms with van der Waals surface area (Å²) in [5, 5.41) is 0. The number of benzene rings is 1. The zero-order valence-electron chi connectivity index (χ0n) is 21.8. The number of aryl methyl sites for hydroxylation is 1. The van der Waals surface area contributed by atoms with Gasteiger partial charge < -0.3 is 14.4 Å². The van der Waals surface area contributed by atoms with E-state index in [1.807, 2.05) is 38.1 Å². The van der Waals surface area contributed by atoms with Crippen LogP contribution in [0, 0.1) is 0 Å². The molecular weight excluding hydrogens is 484 g/mol. The van der Waals surface area contributed by atoms with Crippen molar-refractivity contribution in [1.82, 2.24) is 19.9 Å². The minimum Gasteiger partial charge on any atom is -0.487 e. The van der Waals surface area contributed by atoms with Crippen molar-refractivity contribution in [1.29, 1.82) is 0 Å². The van der Waals surface area contributed by atoms with Gasteiger partial charge in [-0.05, 0) is 69.0 Å². The van der Waals surface area contributed by atoms with Crippen molar-refractivity contribution in [3.63, 3.8) is 0 Å². The standard InChI is InChI=1S/C29H34N4O3S/c1-28(2,3)36-27(34)33-14-10-29(11-15-33)9-8-23-16-22(5-7-26(23)35-29)25-6-4-21(17-32-25)19-37-20-24-18-30-12-13-31-24/h4-7,12-13,16-18H,8-11,14-15,19-20H2,1-3H3. The van der Waals surface area contributed by atoms with Crippen LogP contribution in [0.5, 0.6) is 5.75 Å². The highest BCUT2D eigenvalue weighted by atomic mass is 32.2. The highest BCUT2D eigenvalue weighted by molar-refractivity contribution is 7.97. The van der Waals surface area contributed by atoms with Crippen LogP contribution in [0.4, 0.5) is 4.79 Å². The molecule has 0 aliphatic carbocycles. The SMILES string of the molecule is CC(C)(C)OC(=O)N1CCC2(CCc3cc(-c4ccc(CSCc5cnccn5)cn4)ccc3O2)CC1. The molecule has 2 aliphatic heterocycles. The van der Waals surface area contributed by atoms with Gasteiger partial charge in [-0.1, -0.05) is 6.07 Å². The topological polar surface area (TPSA) is 77.4 Å². The molecule has 1 fully saturated rings. The van der Waals surface area contributed by atoms with Crippen LogP contribution in [-0.4, -0.2) is 50.2 Å². The lowest BCUT2D eigenvalue weighted by Crippen LogP contribution is -2.52. The normalized spacial score (nSPS) is 16.7. The average Bonchev–Trinajstić information content (AvgIpc) is 2.89. The quantitative estimate of drug-likeness (QED) is 0.406. The van der Waals surface area contributed by atoms with Crippen molar-refractivity contribution in [2.45, 2.75) is 69.2 Å². The van der Waals surface area contributed by atoms with E-state index in [9.17, 15) is 4.79 Å². The zero-order valence-corrected chi connectivity index (χ0v) is 22.6. The first kappa shape index (κ1) is 25.5. The maximum atomic E-state index is 12.4. The Hall–Kier alpha value is -3.13. The van der Waals surface area contributed by atoms with Gasteiger partial charge in [-0.25, -0.2) is 4.79 Å². The Balaban J connectivity index is 1.17. The van der Waals surface area contributed by atoms with Crippen molar-refractivity contribution in [3.8, 4) is 17.0 Å². The molecule has 0 N–H and O–H groups in total. The molecule has 7 nitrogen and oxygen atoms in total. The molecule has 3 aromatic rings. The summed E-state index contributed by atoms with van der Waals surface area (Å²) in [6.45, 7) is 7.03. The summed E-state index contributed by atoms with van der Waals surface area (Å²) >= 11 is 1.81. The number of carbonyl (C=O) groups excluding carboxylic acids is 1. The van der Waals surface area contributed by atoms with E-state index in [-0.39, 0.29) is 11.7 Å². The fourth-order valence-electron chi connectivity index (χ4n) is 4.81. The van der Waals surface area contributed by atoms with E-state index in [0.717, 1.165) is 59.9 Å². The molecule has 4 heterocycles. The molecule has 194 valence electrons. The number of piperidine rings is 1. The lowest BCUT2D eigenvalue weighted by molar-refractivity contribution is -0.0272. The molecule has 0 atom stereocenters. The highest BCUT2D eigenvalue weighted by Crippen LogP contribution is 2.40. The van der Waals surface area contributed by atoms with Gasteiger partial charge in [0, 0.05) is 67.8 Å². The van der Waals surface area contributed by atoms with Gasteiger partial charge in [0.2, 0.25) is 0 Å². The summed E-state index contributed by atoms with van der Waals surface area (Å²) in [6, 6.07) is 10.6. The molecule has 5 rings (SSSR count). The molecular formula is C29H34N4O3S. The highest BCUT2D eigenvalue weighted by Gasteiger charge is 2.41. The Morgan fingerprint density at radius 2 is 1.89 bits per heavy atom. The lowest BCUT2D eigenvalue weighted by Gasteiger charge is -2.44. The number of amides is 1. The Morgan fingerprint density at radius 3 is 2.59 bits per heavy atom. The number of hydrogen-bond acceptors (Lipinski definition) is 7. The smallest absolute Gasteiger partial charge is 0.410 e. The van der Waals surface area contributed by atoms with Gasteiger partial charge in [-0.2, -0.15) is 11.8 Å². The van der Waals surface area contributed by atoms with Crippen LogP contribution in [0.2, 0.25) is 0 Å². The number of thioether (sulfide) groups is 1. The van der Waals surface area contributed by atoms with Gasteiger partial charge in [0.15, 0.2) is 0 Å². The molecule has 1 saturated heterocycles. The van der Waals surface area contributed by atoms with Gasteiger partial charge in [-0.3, -0.25) is 15.0 Å². The second kappa shape index (κ2) is 10.7. The first-order valence-corrected chi connectivity index (χ1v) is 14.0. The van der Waals surface area contributed by atoms with Crippen LogP contribution in [0.3, 0.4) is 0 Å². The summed E-state index contributed by atoms with van der Waals surface area (Å²) in [6.07, 6.45) is 10.5. The number of nitrogens with zero attached hydrogens (tertiary/aromatic N) is 4. The molecule has 0 unspecified atom stereocenters. The Morgan fingerprint density at radius 1 is 1.05 bits per heavy atom. The van der Waals surface area contributed by atoms with Crippen LogP contribution < -0.4 is 4.74 Å². The lowest BCUT2D eigenvalue weighted by atomic mass is 9.83. The largest absolute Gasteiger partial charge is 0.487 e. The second-order valence-electron chi connectivity index (χ2n) is 10.8. The molecule has 2 aliphatic rings. The molecule has 1 amide bonds. The number of rotatable bonds is 5. The third kappa shape index (κ3) is 6.42. The third-order valence-electron chi connectivity index (χ3n) is 6.82. The predicted molar refractivity (Wildman–Crippen MR) is 145 cm³/mol. The van der Waals surface area contributed by atoms with Gasteiger partial charge >= 0.3 is 6.09 Å². The van der Waals surface area contributed by atoms with Crippen LogP contribution in [0.15, 0.2) is 55.1 Å². The predicted octanol–water partition coefficient (Wildman–Crippen LogP) is 6.07. The molecule has 2 aromatic heterocycles. The van der Waals surface area contributed by atoms with E-state index >= 15 is 0 Å². The third-order valence-corrected chi connectivity index (χ3v) is 7.86. The summed E-state index contributed by atoms with van der Waals surface area (Å²) in [7, 11) is 0. The van der Waals surface area contributed by atoms with E-state index in [0.29, 0.717) is 13.1 Å². The minimum atomic E-state index is -0.476. The van der Waals surface area contributed by atoms with Crippen molar-refractivity contribution in [2.75, 3.05) is 13.1 Å². The van der Waals surface area contributed by atoms with Crippen molar-refractivity contribution < 1.29 is 14.3 Å². The summed E-state index contributed by atoms with van der Waals surface area (Å²) < 4.78 is 12.1. The first-order valence-electron chi connectivity index (χ1n) is 12.9. The molecule has 1 aromatic carbocycles. The van der Waals surface area contributed by atoms with Crippen LogP contribution in [0.25, 0.3) is 11.3 Å². The average molecular weight is 519 g/mol. The molecule has 0 bridgehead atoms. The van der Waals surface area contributed by atoms with Gasteiger partial charge in [0.1, 0.15) is 17.0 Å².